The summed E-state index contributed by atoms with van der Waals surface area (Å²) in [6.45, 7) is 7.35. The minimum Gasteiger partial charge on any atom is -0.369 e. The van der Waals surface area contributed by atoms with Crippen LogP contribution in [0.3, 0.4) is 0 Å². The molecule has 0 amide bonds. The predicted molar refractivity (Wildman–Crippen MR) is 52.2 cm³/mol. The van der Waals surface area contributed by atoms with Crippen molar-refractivity contribution in [2.75, 3.05) is 6.61 Å². The molecule has 1 heterocycles. The first-order chi connectivity index (χ1) is 5.74. The van der Waals surface area contributed by atoms with Crippen LogP contribution >= 0.6 is 0 Å². The van der Waals surface area contributed by atoms with Crippen LogP contribution in [0.5, 0.6) is 0 Å². The van der Waals surface area contributed by atoms with E-state index in [4.69, 9.17) is 4.74 Å². The molecular weight excluding hydrogens is 148 g/mol. The zero-order valence-corrected chi connectivity index (χ0v) is 8.26. The topological polar surface area (TPSA) is 9.23 Å². The van der Waals surface area contributed by atoms with Crippen LogP contribution < -0.4 is 0 Å². The third kappa shape index (κ3) is 2.49. The predicted octanol–water partition coefficient (Wildman–Crippen LogP) is 3.08. The first kappa shape index (κ1) is 9.53. The van der Waals surface area contributed by atoms with Gasteiger partial charge in [-0.15, -0.1) is 0 Å². The van der Waals surface area contributed by atoms with Crippen molar-refractivity contribution in [3.8, 4) is 0 Å². The van der Waals surface area contributed by atoms with Gasteiger partial charge in [0.15, 0.2) is 0 Å². The number of allylic oxidation sites excluding steroid dienone is 1. The summed E-state index contributed by atoms with van der Waals surface area (Å²) in [5.74, 6) is 0. The molecule has 0 N–H and O–H groups in total. The highest BCUT2D eigenvalue weighted by atomic mass is 16.5. The lowest BCUT2D eigenvalue weighted by atomic mass is 10.0. The monoisotopic (exact) mass is 166 g/mol. The molecule has 1 aliphatic rings. The Hall–Kier alpha value is -0.560. The summed E-state index contributed by atoms with van der Waals surface area (Å²) < 4.78 is 5.62. The molecule has 0 aromatic heterocycles. The van der Waals surface area contributed by atoms with Gasteiger partial charge in [0.05, 0.1) is 12.7 Å². The Labute approximate surface area is 75.1 Å². The van der Waals surface area contributed by atoms with Gasteiger partial charge in [-0.1, -0.05) is 24.6 Å². The van der Waals surface area contributed by atoms with Gasteiger partial charge in [0.25, 0.3) is 0 Å². The fourth-order valence-electron chi connectivity index (χ4n) is 1.44. The molecule has 0 aromatic rings. The summed E-state index contributed by atoms with van der Waals surface area (Å²) in [5.41, 5.74) is 2.80. The van der Waals surface area contributed by atoms with Crippen LogP contribution in [0.1, 0.15) is 33.6 Å². The molecule has 12 heavy (non-hydrogen) atoms. The van der Waals surface area contributed by atoms with E-state index in [1.54, 1.807) is 0 Å². The van der Waals surface area contributed by atoms with Crippen molar-refractivity contribution >= 4 is 0 Å². The van der Waals surface area contributed by atoms with Crippen molar-refractivity contribution in [3.05, 3.63) is 23.3 Å². The average Bonchev–Trinajstić information content (AvgIpc) is 2.05. The highest BCUT2D eigenvalue weighted by molar-refractivity contribution is 5.18. The van der Waals surface area contributed by atoms with Gasteiger partial charge >= 0.3 is 0 Å². The smallest absolute Gasteiger partial charge is 0.0966 e. The number of rotatable bonds is 2. The highest BCUT2D eigenvalue weighted by Crippen LogP contribution is 2.18. The van der Waals surface area contributed by atoms with Crippen LogP contribution in [0.2, 0.25) is 0 Å². The maximum atomic E-state index is 5.62. The molecule has 0 spiro atoms. The van der Waals surface area contributed by atoms with Gasteiger partial charge < -0.3 is 4.74 Å². The fraction of sp³-hybridized carbons (Fsp3) is 0.636. The molecule has 0 saturated carbocycles. The van der Waals surface area contributed by atoms with Crippen molar-refractivity contribution in [2.45, 2.75) is 39.7 Å². The molecule has 1 nitrogen and oxygen atoms in total. The van der Waals surface area contributed by atoms with Gasteiger partial charge in [0.2, 0.25) is 0 Å². The van der Waals surface area contributed by atoms with E-state index in [1.807, 2.05) is 0 Å². The normalized spacial score (nSPS) is 25.4. The summed E-state index contributed by atoms with van der Waals surface area (Å²) in [6.07, 6.45) is 6.90. The number of ether oxygens (including phenoxy) is 1. The first-order valence-electron chi connectivity index (χ1n) is 4.69. The lowest BCUT2D eigenvalue weighted by Crippen LogP contribution is -2.17. The minimum atomic E-state index is 0.249. The number of hydrogen-bond acceptors (Lipinski definition) is 1. The van der Waals surface area contributed by atoms with Gasteiger partial charge in [-0.05, 0) is 32.3 Å². The molecule has 0 aromatic carbocycles. The SMILES string of the molecule is CC/C=C(/C)C1C=C(C)CCO1. The molecule has 1 atom stereocenters. The van der Waals surface area contributed by atoms with Gasteiger partial charge in [0, 0.05) is 0 Å². The fourth-order valence-corrected chi connectivity index (χ4v) is 1.44. The van der Waals surface area contributed by atoms with Gasteiger partial charge in [-0.3, -0.25) is 0 Å². The third-order valence-corrected chi connectivity index (χ3v) is 2.20. The minimum absolute atomic E-state index is 0.249. The van der Waals surface area contributed by atoms with Crippen LogP contribution in [0.4, 0.5) is 0 Å². The zero-order valence-electron chi connectivity index (χ0n) is 8.26. The van der Waals surface area contributed by atoms with E-state index in [9.17, 15) is 0 Å². The van der Waals surface area contributed by atoms with Gasteiger partial charge in [0.1, 0.15) is 0 Å². The Morgan fingerprint density at radius 1 is 1.75 bits per heavy atom. The van der Waals surface area contributed by atoms with E-state index in [-0.39, 0.29) is 6.10 Å². The zero-order chi connectivity index (χ0) is 8.97. The quantitative estimate of drug-likeness (QED) is 0.573. The Morgan fingerprint density at radius 3 is 3.08 bits per heavy atom. The molecule has 1 aliphatic heterocycles. The Balaban J connectivity index is 2.63. The Morgan fingerprint density at radius 2 is 2.50 bits per heavy atom. The molecule has 0 fully saturated rings. The van der Waals surface area contributed by atoms with E-state index < -0.39 is 0 Å². The van der Waals surface area contributed by atoms with Crippen molar-refractivity contribution < 1.29 is 4.74 Å². The van der Waals surface area contributed by atoms with Crippen molar-refractivity contribution in [1.29, 1.82) is 0 Å². The molecule has 1 unspecified atom stereocenters. The molecule has 0 radical (unpaired) electrons. The molecule has 1 rings (SSSR count). The van der Waals surface area contributed by atoms with E-state index in [0.29, 0.717) is 0 Å². The lowest BCUT2D eigenvalue weighted by molar-refractivity contribution is 0.0994. The molecular formula is C11H18O. The largest absolute Gasteiger partial charge is 0.369 e. The standard InChI is InChI=1S/C11H18O/c1-4-5-10(3)11-8-9(2)6-7-12-11/h5,8,11H,4,6-7H2,1-3H3/b10-5-. The summed E-state index contributed by atoms with van der Waals surface area (Å²) in [4.78, 5) is 0. The summed E-state index contributed by atoms with van der Waals surface area (Å²) in [7, 11) is 0. The van der Waals surface area contributed by atoms with Gasteiger partial charge in [-0.2, -0.15) is 0 Å². The van der Waals surface area contributed by atoms with Crippen LogP contribution in [0.25, 0.3) is 0 Å². The van der Waals surface area contributed by atoms with Crippen molar-refractivity contribution in [2.24, 2.45) is 0 Å². The highest BCUT2D eigenvalue weighted by Gasteiger charge is 2.12. The molecule has 0 bridgehead atoms. The molecule has 1 heteroatoms. The van der Waals surface area contributed by atoms with Crippen LogP contribution in [0.15, 0.2) is 23.3 Å². The summed E-state index contributed by atoms with van der Waals surface area (Å²) in [5, 5.41) is 0. The van der Waals surface area contributed by atoms with Gasteiger partial charge in [-0.25, -0.2) is 0 Å². The van der Waals surface area contributed by atoms with Crippen molar-refractivity contribution in [1.82, 2.24) is 0 Å². The second kappa shape index (κ2) is 4.46. The molecule has 0 saturated heterocycles. The number of hydrogen-bond donors (Lipinski definition) is 0. The maximum absolute atomic E-state index is 5.62. The van der Waals surface area contributed by atoms with E-state index in [0.717, 1.165) is 19.4 Å². The maximum Gasteiger partial charge on any atom is 0.0966 e. The van der Waals surface area contributed by atoms with Crippen LogP contribution in [-0.2, 0) is 4.74 Å². The average molecular weight is 166 g/mol. The van der Waals surface area contributed by atoms with E-state index in [1.165, 1.54) is 11.1 Å². The first-order valence-corrected chi connectivity index (χ1v) is 4.69. The molecule has 0 aliphatic carbocycles. The second-order valence-electron chi connectivity index (χ2n) is 3.41. The Bertz CT molecular complexity index is 201. The van der Waals surface area contributed by atoms with E-state index in [2.05, 4.69) is 32.9 Å². The molecule has 68 valence electrons. The van der Waals surface area contributed by atoms with Crippen LogP contribution in [-0.4, -0.2) is 12.7 Å². The van der Waals surface area contributed by atoms with Crippen LogP contribution in [0, 0.1) is 0 Å². The third-order valence-electron chi connectivity index (χ3n) is 2.20. The van der Waals surface area contributed by atoms with E-state index >= 15 is 0 Å². The second-order valence-corrected chi connectivity index (χ2v) is 3.41. The summed E-state index contributed by atoms with van der Waals surface area (Å²) in [6, 6.07) is 0. The van der Waals surface area contributed by atoms with Crippen molar-refractivity contribution in [3.63, 3.8) is 0 Å². The lowest BCUT2D eigenvalue weighted by Gasteiger charge is -2.21. The Kier molecular flexibility index (Phi) is 3.54. The summed E-state index contributed by atoms with van der Waals surface area (Å²) >= 11 is 0.